The van der Waals surface area contributed by atoms with Crippen LogP contribution in [-0.2, 0) is 16.0 Å². The molecule has 1 atom stereocenters. The molecule has 5 nitrogen and oxygen atoms in total. The number of benzene rings is 1. The number of anilines is 1. The van der Waals surface area contributed by atoms with Gasteiger partial charge in [0.2, 0.25) is 0 Å². The van der Waals surface area contributed by atoms with Gasteiger partial charge in [0.05, 0.1) is 6.61 Å². The van der Waals surface area contributed by atoms with Crippen LogP contribution in [0.3, 0.4) is 0 Å². The summed E-state index contributed by atoms with van der Waals surface area (Å²) in [6.07, 6.45) is 1.50. The lowest BCUT2D eigenvalue weighted by Crippen LogP contribution is -2.36. The Hall–Kier alpha value is -1.66. The molecule has 1 aliphatic heterocycles. The molecule has 0 spiro atoms. The molecule has 1 amide bonds. The van der Waals surface area contributed by atoms with E-state index in [-0.39, 0.29) is 11.9 Å². The molecule has 0 aliphatic carbocycles. The van der Waals surface area contributed by atoms with Gasteiger partial charge < -0.3 is 14.8 Å². The quantitative estimate of drug-likeness (QED) is 0.891. The number of carbonyl (C=O) groups is 1. The summed E-state index contributed by atoms with van der Waals surface area (Å²) in [5, 5.41) is 6.03. The number of hydrogen-bond donors (Lipinski definition) is 2. The first-order chi connectivity index (χ1) is 10.8. The van der Waals surface area contributed by atoms with Crippen molar-refractivity contribution in [2.45, 2.75) is 51.8 Å². The van der Waals surface area contributed by atoms with Crippen molar-refractivity contribution in [3.05, 3.63) is 29.6 Å². The number of hydrogen-bond acceptors (Lipinski definition) is 4. The van der Waals surface area contributed by atoms with Gasteiger partial charge in [-0.3, -0.25) is 5.32 Å². The summed E-state index contributed by atoms with van der Waals surface area (Å²) in [6.45, 7) is 7.29. The van der Waals surface area contributed by atoms with Gasteiger partial charge in [0, 0.05) is 24.9 Å². The number of halogens is 1. The van der Waals surface area contributed by atoms with Gasteiger partial charge in [0.15, 0.2) is 0 Å². The molecule has 6 heteroatoms. The third-order valence-electron chi connectivity index (χ3n) is 3.44. The fourth-order valence-electron chi connectivity index (χ4n) is 2.40. The number of carbonyl (C=O) groups excluding carboxylic acids is 1. The van der Waals surface area contributed by atoms with E-state index in [2.05, 4.69) is 10.6 Å². The van der Waals surface area contributed by atoms with Crippen LogP contribution in [0.25, 0.3) is 0 Å². The summed E-state index contributed by atoms with van der Waals surface area (Å²) in [7, 11) is 0. The lowest BCUT2D eigenvalue weighted by Gasteiger charge is -2.24. The van der Waals surface area contributed by atoms with Gasteiger partial charge in [0.25, 0.3) is 0 Å². The van der Waals surface area contributed by atoms with E-state index >= 15 is 0 Å². The van der Waals surface area contributed by atoms with Crippen LogP contribution in [0.5, 0.6) is 0 Å². The van der Waals surface area contributed by atoms with Crippen LogP contribution in [0.4, 0.5) is 14.9 Å². The molecule has 2 rings (SSSR count). The largest absolute Gasteiger partial charge is 0.444 e. The first-order valence-corrected chi connectivity index (χ1v) is 7.93. The van der Waals surface area contributed by atoms with E-state index in [4.69, 9.17) is 9.47 Å². The standard InChI is InChI=1S/C17H25FN2O3/c1-17(2,3)23-16(21)20-15-7-6-13(18)9-12(15)10-19-14-5-4-8-22-11-14/h6-7,9,14,19H,4-5,8,10-11H2,1-3H3,(H,20,21)/t14-/m0/s1. The van der Waals surface area contributed by atoms with Gasteiger partial charge in [-0.05, 0) is 57.4 Å². The average Bonchev–Trinajstić information content (AvgIpc) is 2.46. The molecule has 1 heterocycles. The maximum absolute atomic E-state index is 13.5. The molecule has 128 valence electrons. The third kappa shape index (κ3) is 6.15. The average molecular weight is 324 g/mol. The highest BCUT2D eigenvalue weighted by atomic mass is 19.1. The molecular weight excluding hydrogens is 299 g/mol. The molecule has 0 aromatic heterocycles. The maximum atomic E-state index is 13.5. The van der Waals surface area contributed by atoms with Gasteiger partial charge in [-0.1, -0.05) is 0 Å². The zero-order valence-corrected chi connectivity index (χ0v) is 13.9. The molecule has 23 heavy (non-hydrogen) atoms. The monoisotopic (exact) mass is 324 g/mol. The number of ether oxygens (including phenoxy) is 2. The first kappa shape index (κ1) is 17.7. The van der Waals surface area contributed by atoms with Gasteiger partial charge in [-0.25, -0.2) is 9.18 Å². The zero-order chi connectivity index (χ0) is 16.9. The van der Waals surface area contributed by atoms with Crippen LogP contribution in [0.15, 0.2) is 18.2 Å². The highest BCUT2D eigenvalue weighted by molar-refractivity contribution is 5.85. The molecule has 0 saturated carbocycles. The van der Waals surface area contributed by atoms with Crippen molar-refractivity contribution < 1.29 is 18.7 Å². The summed E-state index contributed by atoms with van der Waals surface area (Å²) in [4.78, 5) is 11.9. The van der Waals surface area contributed by atoms with Crippen LogP contribution in [0.2, 0.25) is 0 Å². The Morgan fingerprint density at radius 3 is 2.87 bits per heavy atom. The Kier molecular flexibility index (Phi) is 5.96. The summed E-state index contributed by atoms with van der Waals surface area (Å²) in [6, 6.07) is 4.54. The fraction of sp³-hybridized carbons (Fsp3) is 0.588. The SMILES string of the molecule is CC(C)(C)OC(=O)Nc1ccc(F)cc1CN[C@H]1CCCOC1. The molecule has 1 aromatic rings. The van der Waals surface area contributed by atoms with E-state index in [0.717, 1.165) is 19.4 Å². The Morgan fingerprint density at radius 2 is 2.22 bits per heavy atom. The van der Waals surface area contributed by atoms with Crippen molar-refractivity contribution in [1.82, 2.24) is 5.32 Å². The van der Waals surface area contributed by atoms with E-state index in [1.54, 1.807) is 26.8 Å². The van der Waals surface area contributed by atoms with E-state index in [0.29, 0.717) is 24.4 Å². The summed E-state index contributed by atoms with van der Waals surface area (Å²) in [5.74, 6) is -0.337. The highest BCUT2D eigenvalue weighted by Crippen LogP contribution is 2.19. The van der Waals surface area contributed by atoms with Gasteiger partial charge in [-0.2, -0.15) is 0 Å². The Bertz CT molecular complexity index is 537. The first-order valence-electron chi connectivity index (χ1n) is 7.93. The Morgan fingerprint density at radius 1 is 1.43 bits per heavy atom. The van der Waals surface area contributed by atoms with Crippen LogP contribution in [-0.4, -0.2) is 30.9 Å². The zero-order valence-electron chi connectivity index (χ0n) is 13.9. The molecule has 1 aromatic carbocycles. The van der Waals surface area contributed by atoms with E-state index in [9.17, 15) is 9.18 Å². The van der Waals surface area contributed by atoms with Crippen molar-refractivity contribution in [2.75, 3.05) is 18.5 Å². The Labute approximate surface area is 136 Å². The second-order valence-electron chi connectivity index (χ2n) is 6.72. The number of nitrogens with one attached hydrogen (secondary N) is 2. The Balaban J connectivity index is 2.00. The van der Waals surface area contributed by atoms with Gasteiger partial charge in [0.1, 0.15) is 11.4 Å². The van der Waals surface area contributed by atoms with Crippen LogP contribution in [0.1, 0.15) is 39.2 Å². The smallest absolute Gasteiger partial charge is 0.412 e. The second kappa shape index (κ2) is 7.75. The predicted molar refractivity (Wildman–Crippen MR) is 86.9 cm³/mol. The lowest BCUT2D eigenvalue weighted by molar-refractivity contribution is 0.0635. The van der Waals surface area contributed by atoms with E-state index < -0.39 is 11.7 Å². The minimum absolute atomic E-state index is 0.251. The van der Waals surface area contributed by atoms with Gasteiger partial charge in [-0.15, -0.1) is 0 Å². The summed E-state index contributed by atoms with van der Waals surface area (Å²) >= 11 is 0. The lowest BCUT2D eigenvalue weighted by atomic mass is 10.1. The fourth-order valence-corrected chi connectivity index (χ4v) is 2.40. The van der Waals surface area contributed by atoms with E-state index in [1.807, 2.05) is 0 Å². The molecule has 1 saturated heterocycles. The van der Waals surface area contributed by atoms with Crippen LogP contribution < -0.4 is 10.6 Å². The predicted octanol–water partition coefficient (Wildman–Crippen LogP) is 3.44. The van der Waals surface area contributed by atoms with Crippen molar-refractivity contribution in [3.63, 3.8) is 0 Å². The molecule has 1 fully saturated rings. The van der Waals surface area contributed by atoms with Crippen LogP contribution >= 0.6 is 0 Å². The van der Waals surface area contributed by atoms with Crippen molar-refractivity contribution >= 4 is 11.8 Å². The van der Waals surface area contributed by atoms with Crippen molar-refractivity contribution in [2.24, 2.45) is 0 Å². The minimum Gasteiger partial charge on any atom is -0.444 e. The molecule has 0 bridgehead atoms. The molecule has 0 radical (unpaired) electrons. The summed E-state index contributed by atoms with van der Waals surface area (Å²) in [5.41, 5.74) is 0.647. The second-order valence-corrected chi connectivity index (χ2v) is 6.72. The molecule has 0 unspecified atom stereocenters. The third-order valence-corrected chi connectivity index (χ3v) is 3.44. The summed E-state index contributed by atoms with van der Waals surface area (Å²) < 4.78 is 24.2. The molecule has 2 N–H and O–H groups in total. The van der Waals surface area contributed by atoms with E-state index in [1.165, 1.54) is 12.1 Å². The van der Waals surface area contributed by atoms with Crippen molar-refractivity contribution in [3.8, 4) is 0 Å². The van der Waals surface area contributed by atoms with Crippen LogP contribution in [0, 0.1) is 5.82 Å². The topological polar surface area (TPSA) is 59.6 Å². The molecule has 1 aliphatic rings. The minimum atomic E-state index is -0.581. The van der Waals surface area contributed by atoms with Gasteiger partial charge >= 0.3 is 6.09 Å². The van der Waals surface area contributed by atoms with Crippen molar-refractivity contribution in [1.29, 1.82) is 0 Å². The highest BCUT2D eigenvalue weighted by Gasteiger charge is 2.18. The molecular formula is C17H25FN2O3. The normalized spacial score (nSPS) is 18.5. The number of rotatable bonds is 4. The maximum Gasteiger partial charge on any atom is 0.412 e. The number of amides is 1.